The topological polar surface area (TPSA) is 17.1 Å². The van der Waals surface area contributed by atoms with Gasteiger partial charge < -0.3 is 0 Å². The normalized spacial score (nSPS) is 12.4. The van der Waals surface area contributed by atoms with E-state index in [0.29, 0.717) is 0 Å². The molecule has 188 valence electrons. The van der Waals surface area contributed by atoms with Crippen LogP contribution in [0.4, 0.5) is 0 Å². The number of hydrogen-bond donors (Lipinski definition) is 0. The fraction of sp³-hybridized carbons (Fsp3) is 0.833. The van der Waals surface area contributed by atoms with Crippen LogP contribution in [0.1, 0.15) is 143 Å². The first-order valence-corrected chi connectivity index (χ1v) is 22.0. The molecule has 0 aromatic carbocycles. The number of rotatable bonds is 24. The summed E-state index contributed by atoms with van der Waals surface area (Å²) in [5.41, 5.74) is 0. The quantitative estimate of drug-likeness (QED) is 0.0660. The number of carbonyl (C=O) groups is 1. The van der Waals surface area contributed by atoms with E-state index in [1.807, 2.05) is 0 Å². The molecule has 0 spiro atoms. The van der Waals surface area contributed by atoms with E-state index in [-0.39, 0.29) is 0 Å². The Morgan fingerprint density at radius 3 is 1.47 bits per heavy atom. The minimum atomic E-state index is -2.60. The summed E-state index contributed by atoms with van der Waals surface area (Å²) in [6.07, 6.45) is 31.8. The predicted molar refractivity (Wildman–Crippen MR) is 149 cm³/mol. The zero-order chi connectivity index (χ0) is 23.8. The minimum absolute atomic E-state index is 0.806. The average molecular weight is 554 g/mol. The Hall–Kier alpha value is -0.0513. The van der Waals surface area contributed by atoms with Gasteiger partial charge in [0.2, 0.25) is 0 Å². The summed E-state index contributed by atoms with van der Waals surface area (Å²) in [5.74, 6) is 0. The molecule has 0 aliphatic rings. The molecule has 0 saturated heterocycles. The van der Waals surface area contributed by atoms with Gasteiger partial charge in [0.1, 0.15) is 0 Å². The first kappa shape index (κ1) is 31.9. The average Bonchev–Trinajstić information content (AvgIpc) is 2.81. The Morgan fingerprint density at radius 2 is 0.969 bits per heavy atom. The van der Waals surface area contributed by atoms with Crippen molar-refractivity contribution in [2.75, 3.05) is 0 Å². The third-order valence-electron chi connectivity index (χ3n) is 6.97. The number of allylic oxidation sites excluding steroid dienone is 4. The first-order valence-electron chi connectivity index (χ1n) is 14.5. The van der Waals surface area contributed by atoms with Gasteiger partial charge >= 0.3 is 169 Å². The van der Waals surface area contributed by atoms with Crippen LogP contribution in [0.15, 0.2) is 24.3 Å². The SMILES string of the molecule is CCCCC/C=C\C/C=C\CCCCCCC[C](=O)[Sn]([CH2]CCC)([CH2]CCC)[CH2]CCC. The van der Waals surface area contributed by atoms with Crippen molar-refractivity contribution in [3.8, 4) is 0 Å². The van der Waals surface area contributed by atoms with Crippen LogP contribution in [-0.4, -0.2) is 22.2 Å². The van der Waals surface area contributed by atoms with Crippen LogP contribution < -0.4 is 0 Å². The molecule has 0 aliphatic heterocycles. The molecule has 0 unspecified atom stereocenters. The molecule has 0 bridgehead atoms. The molecule has 0 rings (SSSR count). The van der Waals surface area contributed by atoms with Gasteiger partial charge in [-0.3, -0.25) is 0 Å². The maximum absolute atomic E-state index is 13.4. The van der Waals surface area contributed by atoms with Gasteiger partial charge in [0, 0.05) is 0 Å². The third-order valence-corrected chi connectivity index (χ3v) is 22.3. The van der Waals surface area contributed by atoms with Crippen LogP contribution in [0.25, 0.3) is 0 Å². The second kappa shape index (κ2) is 24.1. The molecule has 0 atom stereocenters. The van der Waals surface area contributed by atoms with E-state index >= 15 is 0 Å². The molecule has 0 saturated carbocycles. The summed E-state index contributed by atoms with van der Waals surface area (Å²) in [4.78, 5) is 13.4. The van der Waals surface area contributed by atoms with E-state index in [1.165, 1.54) is 110 Å². The van der Waals surface area contributed by atoms with Crippen molar-refractivity contribution in [2.24, 2.45) is 0 Å². The second-order valence-electron chi connectivity index (χ2n) is 9.99. The number of hydrogen-bond acceptors (Lipinski definition) is 1. The molecule has 0 radical (unpaired) electrons. The summed E-state index contributed by atoms with van der Waals surface area (Å²) in [6.45, 7) is 9.14. The molecule has 0 aliphatic carbocycles. The van der Waals surface area contributed by atoms with Crippen LogP contribution in [0.5, 0.6) is 0 Å². The van der Waals surface area contributed by atoms with Gasteiger partial charge in [0.05, 0.1) is 0 Å². The first-order chi connectivity index (χ1) is 15.7. The molecule has 0 aromatic heterocycles. The summed E-state index contributed by atoms with van der Waals surface area (Å²) >= 11 is -2.60. The summed E-state index contributed by atoms with van der Waals surface area (Å²) in [6, 6.07) is 0. The molecule has 0 heterocycles. The Bertz CT molecular complexity index is 444. The van der Waals surface area contributed by atoms with Crippen LogP contribution in [0, 0.1) is 0 Å². The van der Waals surface area contributed by atoms with Crippen molar-refractivity contribution in [1.82, 2.24) is 0 Å². The Morgan fingerprint density at radius 1 is 0.531 bits per heavy atom. The predicted octanol–water partition coefficient (Wildman–Crippen LogP) is 10.8. The number of unbranched alkanes of at least 4 members (excludes halogenated alkanes) is 11. The van der Waals surface area contributed by atoms with Crippen LogP contribution >= 0.6 is 0 Å². The molecule has 0 aromatic rings. The fourth-order valence-corrected chi connectivity index (χ4v) is 20.1. The molecule has 2 heteroatoms. The zero-order valence-electron chi connectivity index (χ0n) is 22.6. The standard InChI is InChI=1S/C18H31O.3C4H9.Sn/c1-2-3-4-5-6-7-8-9-10-11-12-13-14-15-16-17-18-19;3*1-3-4-2;/h6-7,9-10H,2-5,8,11-17H2,1H3;3*1,3-4H2,2H3;/b7-6-,10-9-;;;;. The second-order valence-corrected chi connectivity index (χ2v) is 23.2. The van der Waals surface area contributed by atoms with Crippen LogP contribution in [0.2, 0.25) is 13.3 Å². The van der Waals surface area contributed by atoms with Crippen molar-refractivity contribution in [3.63, 3.8) is 0 Å². The van der Waals surface area contributed by atoms with Gasteiger partial charge in [0.25, 0.3) is 0 Å². The Kier molecular flexibility index (Phi) is 24.0. The van der Waals surface area contributed by atoms with E-state index in [1.54, 1.807) is 0 Å². The maximum atomic E-state index is 13.4. The van der Waals surface area contributed by atoms with Crippen molar-refractivity contribution in [2.45, 2.75) is 157 Å². The van der Waals surface area contributed by atoms with Crippen molar-refractivity contribution >= 4 is 22.2 Å². The fourth-order valence-electron chi connectivity index (χ4n) is 4.70. The van der Waals surface area contributed by atoms with E-state index in [9.17, 15) is 4.79 Å². The van der Waals surface area contributed by atoms with E-state index in [0.717, 1.165) is 23.1 Å². The Balaban J connectivity index is 4.06. The van der Waals surface area contributed by atoms with E-state index < -0.39 is 18.4 Å². The molecule has 1 nitrogen and oxygen atoms in total. The van der Waals surface area contributed by atoms with Crippen molar-refractivity contribution in [3.05, 3.63) is 24.3 Å². The molecule has 0 N–H and O–H groups in total. The monoisotopic (exact) mass is 554 g/mol. The van der Waals surface area contributed by atoms with Gasteiger partial charge in [-0.15, -0.1) is 0 Å². The summed E-state index contributed by atoms with van der Waals surface area (Å²) in [5, 5.41) is 0. The van der Waals surface area contributed by atoms with Gasteiger partial charge in [-0.2, -0.15) is 0 Å². The van der Waals surface area contributed by atoms with Crippen LogP contribution in [-0.2, 0) is 4.79 Å². The van der Waals surface area contributed by atoms with E-state index in [4.69, 9.17) is 0 Å². The summed E-state index contributed by atoms with van der Waals surface area (Å²) in [7, 11) is 0. The van der Waals surface area contributed by atoms with Gasteiger partial charge in [-0.05, 0) is 12.8 Å². The molecular weight excluding hydrogens is 495 g/mol. The Labute approximate surface area is 207 Å². The van der Waals surface area contributed by atoms with Crippen molar-refractivity contribution in [1.29, 1.82) is 0 Å². The van der Waals surface area contributed by atoms with Crippen LogP contribution in [0.3, 0.4) is 0 Å². The van der Waals surface area contributed by atoms with Gasteiger partial charge in [0.15, 0.2) is 0 Å². The molecule has 32 heavy (non-hydrogen) atoms. The molecule has 0 amide bonds. The summed E-state index contributed by atoms with van der Waals surface area (Å²) < 4.78 is 4.82. The molecular formula is C30H58OSn. The van der Waals surface area contributed by atoms with Gasteiger partial charge in [-0.1, -0.05) is 25.8 Å². The third kappa shape index (κ3) is 17.4. The van der Waals surface area contributed by atoms with Crippen molar-refractivity contribution < 1.29 is 4.79 Å². The number of carbonyl (C=O) groups excluding carboxylic acids is 1. The molecule has 0 fully saturated rings. The van der Waals surface area contributed by atoms with Gasteiger partial charge in [-0.25, -0.2) is 0 Å². The van der Waals surface area contributed by atoms with E-state index in [2.05, 4.69) is 52.0 Å². The zero-order valence-corrected chi connectivity index (χ0v) is 25.4.